The molecule has 1 heterocycles. The van der Waals surface area contributed by atoms with Gasteiger partial charge in [-0.15, -0.1) is 0 Å². The molecule has 0 aromatic carbocycles. The predicted octanol–water partition coefficient (Wildman–Crippen LogP) is 0.732. The predicted molar refractivity (Wildman–Crippen MR) is 46.2 cm³/mol. The second-order valence-electron chi connectivity index (χ2n) is 3.05. The van der Waals surface area contributed by atoms with E-state index in [0.717, 1.165) is 13.2 Å². The number of nitrogens with one attached hydrogen (secondary N) is 1. The summed E-state index contributed by atoms with van der Waals surface area (Å²) in [5, 5.41) is 3.45. The van der Waals surface area contributed by atoms with Crippen LogP contribution in [0.25, 0.3) is 0 Å². The Labute approximate surface area is 67.6 Å². The zero-order chi connectivity index (χ0) is 7.68. The SMILES string of the molecule is CCN1CNC2C=CC=CC21. The summed E-state index contributed by atoms with van der Waals surface area (Å²) in [6.45, 7) is 4.36. The second-order valence-corrected chi connectivity index (χ2v) is 3.05. The molecule has 0 radical (unpaired) electrons. The molecule has 1 aliphatic heterocycles. The zero-order valence-corrected chi connectivity index (χ0v) is 6.83. The van der Waals surface area contributed by atoms with E-state index in [9.17, 15) is 0 Å². The first-order valence-electron chi connectivity index (χ1n) is 4.24. The van der Waals surface area contributed by atoms with Crippen molar-refractivity contribution in [2.24, 2.45) is 0 Å². The minimum absolute atomic E-state index is 0.556. The van der Waals surface area contributed by atoms with Crippen LogP contribution in [0, 0.1) is 0 Å². The molecular formula is C9H14N2. The third-order valence-electron chi connectivity index (χ3n) is 2.46. The maximum atomic E-state index is 3.45. The van der Waals surface area contributed by atoms with Gasteiger partial charge in [0.1, 0.15) is 0 Å². The maximum Gasteiger partial charge on any atom is 0.0491 e. The summed E-state index contributed by atoms with van der Waals surface area (Å²) >= 11 is 0. The summed E-state index contributed by atoms with van der Waals surface area (Å²) < 4.78 is 0. The normalized spacial score (nSPS) is 36.1. The highest BCUT2D eigenvalue weighted by Crippen LogP contribution is 2.16. The standard InChI is InChI=1S/C9H14N2/c1-2-11-7-10-8-5-3-4-6-9(8)11/h3-6,8-10H,2,7H2,1H3. The van der Waals surface area contributed by atoms with Crippen LogP contribution in [0.4, 0.5) is 0 Å². The van der Waals surface area contributed by atoms with Crippen LogP contribution in [0.3, 0.4) is 0 Å². The Balaban J connectivity index is 2.13. The van der Waals surface area contributed by atoms with Gasteiger partial charge in [-0.2, -0.15) is 0 Å². The number of likely N-dealkylation sites (N-methyl/N-ethyl adjacent to an activating group) is 1. The Bertz CT molecular complexity index is 196. The quantitative estimate of drug-likeness (QED) is 0.593. The van der Waals surface area contributed by atoms with Crippen LogP contribution >= 0.6 is 0 Å². The van der Waals surface area contributed by atoms with Gasteiger partial charge in [0.2, 0.25) is 0 Å². The summed E-state index contributed by atoms with van der Waals surface area (Å²) in [6, 6.07) is 1.16. The van der Waals surface area contributed by atoms with Crippen molar-refractivity contribution in [3.05, 3.63) is 24.3 Å². The van der Waals surface area contributed by atoms with Crippen LogP contribution in [0.5, 0.6) is 0 Å². The molecule has 0 aromatic rings. The fraction of sp³-hybridized carbons (Fsp3) is 0.556. The molecule has 11 heavy (non-hydrogen) atoms. The largest absolute Gasteiger partial charge is 0.296 e. The van der Waals surface area contributed by atoms with Crippen LogP contribution in [-0.2, 0) is 0 Å². The van der Waals surface area contributed by atoms with Crippen LogP contribution in [0.2, 0.25) is 0 Å². The number of hydrogen-bond acceptors (Lipinski definition) is 2. The molecule has 0 amide bonds. The topological polar surface area (TPSA) is 15.3 Å². The lowest BCUT2D eigenvalue weighted by Crippen LogP contribution is -2.34. The molecule has 1 fully saturated rings. The molecule has 2 atom stereocenters. The van der Waals surface area contributed by atoms with Gasteiger partial charge in [0.15, 0.2) is 0 Å². The van der Waals surface area contributed by atoms with Crippen molar-refractivity contribution in [1.82, 2.24) is 10.2 Å². The molecule has 0 bridgehead atoms. The lowest BCUT2D eigenvalue weighted by atomic mass is 10.0. The van der Waals surface area contributed by atoms with Crippen molar-refractivity contribution in [3.8, 4) is 0 Å². The van der Waals surface area contributed by atoms with Gasteiger partial charge in [0.25, 0.3) is 0 Å². The number of rotatable bonds is 1. The Hall–Kier alpha value is -0.600. The Morgan fingerprint density at radius 2 is 2.27 bits per heavy atom. The first kappa shape index (κ1) is 7.07. The second kappa shape index (κ2) is 2.80. The fourth-order valence-electron chi connectivity index (χ4n) is 1.78. The average molecular weight is 150 g/mol. The van der Waals surface area contributed by atoms with Crippen molar-refractivity contribution in [1.29, 1.82) is 0 Å². The van der Waals surface area contributed by atoms with E-state index in [1.54, 1.807) is 0 Å². The Morgan fingerprint density at radius 3 is 3.09 bits per heavy atom. The lowest BCUT2D eigenvalue weighted by molar-refractivity contribution is 0.301. The van der Waals surface area contributed by atoms with Crippen LogP contribution in [0.1, 0.15) is 6.92 Å². The summed E-state index contributed by atoms with van der Waals surface area (Å²) in [4.78, 5) is 2.44. The molecule has 2 rings (SSSR count). The molecule has 1 N–H and O–H groups in total. The van der Waals surface area contributed by atoms with Gasteiger partial charge < -0.3 is 0 Å². The van der Waals surface area contributed by atoms with E-state index in [1.807, 2.05) is 0 Å². The molecule has 0 saturated carbocycles. The molecule has 60 valence electrons. The van der Waals surface area contributed by atoms with Crippen molar-refractivity contribution in [2.75, 3.05) is 13.2 Å². The van der Waals surface area contributed by atoms with E-state index in [2.05, 4.69) is 41.4 Å². The van der Waals surface area contributed by atoms with Crippen molar-refractivity contribution >= 4 is 0 Å². The number of nitrogens with zero attached hydrogens (tertiary/aromatic N) is 1. The third-order valence-corrected chi connectivity index (χ3v) is 2.46. The van der Waals surface area contributed by atoms with E-state index in [4.69, 9.17) is 0 Å². The Morgan fingerprint density at radius 1 is 1.45 bits per heavy atom. The van der Waals surface area contributed by atoms with Crippen molar-refractivity contribution in [3.63, 3.8) is 0 Å². The number of hydrogen-bond donors (Lipinski definition) is 1. The summed E-state index contributed by atoms with van der Waals surface area (Å²) in [6.07, 6.45) is 8.76. The minimum Gasteiger partial charge on any atom is -0.296 e. The summed E-state index contributed by atoms with van der Waals surface area (Å²) in [5.74, 6) is 0. The van der Waals surface area contributed by atoms with Gasteiger partial charge in [0.05, 0.1) is 0 Å². The highest BCUT2D eigenvalue weighted by Gasteiger charge is 2.29. The van der Waals surface area contributed by atoms with Crippen LogP contribution in [0.15, 0.2) is 24.3 Å². The smallest absolute Gasteiger partial charge is 0.0491 e. The van der Waals surface area contributed by atoms with E-state index in [-0.39, 0.29) is 0 Å². The zero-order valence-electron chi connectivity index (χ0n) is 6.83. The number of allylic oxidation sites excluding steroid dienone is 2. The molecular weight excluding hydrogens is 136 g/mol. The van der Waals surface area contributed by atoms with Crippen LogP contribution in [-0.4, -0.2) is 30.2 Å². The highest BCUT2D eigenvalue weighted by molar-refractivity contribution is 5.22. The van der Waals surface area contributed by atoms with Gasteiger partial charge in [-0.25, -0.2) is 0 Å². The summed E-state index contributed by atoms with van der Waals surface area (Å²) in [7, 11) is 0. The fourth-order valence-corrected chi connectivity index (χ4v) is 1.78. The Kier molecular flexibility index (Phi) is 1.80. The minimum atomic E-state index is 0.556. The highest BCUT2D eigenvalue weighted by atomic mass is 15.3. The summed E-state index contributed by atoms with van der Waals surface area (Å²) in [5.41, 5.74) is 0. The molecule has 0 aromatic heterocycles. The van der Waals surface area contributed by atoms with E-state index < -0.39 is 0 Å². The van der Waals surface area contributed by atoms with Crippen molar-refractivity contribution in [2.45, 2.75) is 19.0 Å². The lowest BCUT2D eigenvalue weighted by Gasteiger charge is -2.22. The monoisotopic (exact) mass is 150 g/mol. The molecule has 2 unspecified atom stereocenters. The van der Waals surface area contributed by atoms with Gasteiger partial charge >= 0.3 is 0 Å². The number of fused-ring (bicyclic) bond motifs is 1. The maximum absolute atomic E-state index is 3.45. The average Bonchev–Trinajstić information content (AvgIpc) is 2.47. The van der Waals surface area contributed by atoms with E-state index in [1.165, 1.54) is 0 Å². The molecule has 1 aliphatic carbocycles. The van der Waals surface area contributed by atoms with Gasteiger partial charge in [-0.3, -0.25) is 10.2 Å². The van der Waals surface area contributed by atoms with Gasteiger partial charge in [-0.05, 0) is 6.54 Å². The third kappa shape index (κ3) is 1.12. The first-order chi connectivity index (χ1) is 5.42. The molecule has 2 nitrogen and oxygen atoms in total. The molecule has 2 heteroatoms. The van der Waals surface area contributed by atoms with Gasteiger partial charge in [-0.1, -0.05) is 31.2 Å². The van der Waals surface area contributed by atoms with Gasteiger partial charge in [0, 0.05) is 18.8 Å². The van der Waals surface area contributed by atoms with Crippen molar-refractivity contribution < 1.29 is 0 Å². The van der Waals surface area contributed by atoms with E-state index >= 15 is 0 Å². The van der Waals surface area contributed by atoms with Crippen LogP contribution < -0.4 is 5.32 Å². The van der Waals surface area contributed by atoms with E-state index in [0.29, 0.717) is 12.1 Å². The molecule has 0 spiro atoms. The molecule has 2 aliphatic rings. The first-order valence-corrected chi connectivity index (χ1v) is 4.24. The molecule has 1 saturated heterocycles.